The molecule has 1 fully saturated rings. The fourth-order valence-corrected chi connectivity index (χ4v) is 6.20. The van der Waals surface area contributed by atoms with E-state index in [1.165, 1.54) is 0 Å². The number of thiophene rings is 1. The third-order valence-electron chi connectivity index (χ3n) is 6.85. The summed E-state index contributed by atoms with van der Waals surface area (Å²) in [5.74, 6) is 2.32. The second kappa shape index (κ2) is 10.4. The molecule has 5 heterocycles. The first kappa shape index (κ1) is 24.9. The quantitative estimate of drug-likeness (QED) is 0.223. The van der Waals surface area contributed by atoms with Crippen LogP contribution >= 0.6 is 27.3 Å². The minimum atomic E-state index is 0.382. The van der Waals surface area contributed by atoms with Gasteiger partial charge in [-0.05, 0) is 64.1 Å². The monoisotopic (exact) mass is 594 g/mol. The van der Waals surface area contributed by atoms with Crippen LogP contribution < -0.4 is 24.8 Å². The molecule has 0 saturated carbocycles. The molecule has 0 radical (unpaired) electrons. The van der Waals surface area contributed by atoms with Crippen LogP contribution in [0.15, 0.2) is 46.6 Å². The average molecular weight is 596 g/mol. The Bertz CT molecular complexity index is 1600. The largest absolute Gasteiger partial charge is 0.493 e. The number of halogens is 1. The van der Waals surface area contributed by atoms with Gasteiger partial charge in [0.2, 0.25) is 11.7 Å². The molecule has 1 atom stereocenters. The SMILES string of the molecule is COc1cc(CNc2nc(-c3cn(C4CCNC4)c4cnc(Br)cc34)c3sccc3n2)cc(OC)c1OC. The molecular formula is C27H27BrN6O3S. The molecule has 0 bridgehead atoms. The first-order valence-corrected chi connectivity index (χ1v) is 13.9. The van der Waals surface area contributed by atoms with E-state index >= 15 is 0 Å². The van der Waals surface area contributed by atoms with Crippen LogP contribution in [0.5, 0.6) is 17.2 Å². The smallest absolute Gasteiger partial charge is 0.224 e. The second-order valence-corrected chi connectivity index (χ2v) is 10.8. The lowest BCUT2D eigenvalue weighted by molar-refractivity contribution is 0.324. The summed E-state index contributed by atoms with van der Waals surface area (Å²) in [6.07, 6.45) is 5.25. The summed E-state index contributed by atoms with van der Waals surface area (Å²) < 4.78 is 20.7. The van der Waals surface area contributed by atoms with E-state index in [-0.39, 0.29) is 0 Å². The molecule has 11 heteroatoms. The Morgan fingerprint density at radius 2 is 1.95 bits per heavy atom. The molecule has 5 aromatic rings. The molecule has 1 aliphatic heterocycles. The van der Waals surface area contributed by atoms with Gasteiger partial charge in [-0.3, -0.25) is 0 Å². The zero-order valence-corrected chi connectivity index (χ0v) is 23.6. The molecule has 4 aromatic heterocycles. The van der Waals surface area contributed by atoms with Crippen molar-refractivity contribution in [1.82, 2.24) is 24.8 Å². The number of anilines is 1. The van der Waals surface area contributed by atoms with E-state index in [9.17, 15) is 0 Å². The fraction of sp³-hybridized carbons (Fsp3) is 0.296. The summed E-state index contributed by atoms with van der Waals surface area (Å²) >= 11 is 5.22. The van der Waals surface area contributed by atoms with E-state index < -0.39 is 0 Å². The lowest BCUT2D eigenvalue weighted by Gasteiger charge is -2.14. The molecule has 1 aromatic carbocycles. The highest BCUT2D eigenvalue weighted by Gasteiger charge is 2.23. The van der Waals surface area contributed by atoms with E-state index in [0.29, 0.717) is 35.8 Å². The molecule has 1 aliphatic rings. The van der Waals surface area contributed by atoms with Crippen LogP contribution in [-0.4, -0.2) is 53.9 Å². The maximum Gasteiger partial charge on any atom is 0.224 e. The van der Waals surface area contributed by atoms with E-state index in [1.807, 2.05) is 24.4 Å². The Labute approximate surface area is 232 Å². The van der Waals surface area contributed by atoms with Crippen molar-refractivity contribution in [2.24, 2.45) is 0 Å². The van der Waals surface area contributed by atoms with Gasteiger partial charge in [0.15, 0.2) is 11.5 Å². The normalized spacial score (nSPS) is 15.3. The number of aromatic nitrogens is 4. The minimum Gasteiger partial charge on any atom is -0.493 e. The Morgan fingerprint density at radius 3 is 2.66 bits per heavy atom. The van der Waals surface area contributed by atoms with Gasteiger partial charge >= 0.3 is 0 Å². The molecule has 1 unspecified atom stereocenters. The summed E-state index contributed by atoms with van der Waals surface area (Å²) in [5.41, 5.74) is 4.94. The van der Waals surface area contributed by atoms with E-state index in [4.69, 9.17) is 24.2 Å². The standard InChI is InChI=1S/C27H27BrN6O3S/c1-35-21-8-15(9-22(36-2)25(21)37-3)11-31-27-32-19-5-7-38-26(19)24(33-27)18-14-34(16-4-6-29-12-16)20-13-30-23(28)10-17(18)20/h5,7-10,13-14,16,29H,4,6,11-12H2,1-3H3,(H,31,32,33). The van der Waals surface area contributed by atoms with Crippen molar-refractivity contribution >= 4 is 54.3 Å². The lowest BCUT2D eigenvalue weighted by atomic mass is 10.1. The highest BCUT2D eigenvalue weighted by molar-refractivity contribution is 9.10. The molecular weight excluding hydrogens is 568 g/mol. The summed E-state index contributed by atoms with van der Waals surface area (Å²) in [6.45, 7) is 2.44. The highest BCUT2D eigenvalue weighted by Crippen LogP contribution is 2.40. The van der Waals surface area contributed by atoms with Crippen LogP contribution in [0, 0.1) is 0 Å². The Balaban J connectivity index is 1.41. The summed E-state index contributed by atoms with van der Waals surface area (Å²) in [6, 6.07) is 8.34. The molecule has 9 nitrogen and oxygen atoms in total. The maximum atomic E-state index is 5.51. The van der Waals surface area contributed by atoms with Gasteiger partial charge in [0.1, 0.15) is 4.60 Å². The van der Waals surface area contributed by atoms with Crippen LogP contribution in [0.25, 0.3) is 32.4 Å². The number of pyridine rings is 1. The van der Waals surface area contributed by atoms with Gasteiger partial charge in [-0.25, -0.2) is 15.0 Å². The zero-order chi connectivity index (χ0) is 26.2. The molecule has 6 rings (SSSR count). The number of nitrogens with one attached hydrogen (secondary N) is 2. The van der Waals surface area contributed by atoms with Gasteiger partial charge in [-0.15, -0.1) is 11.3 Å². The predicted molar refractivity (Wildman–Crippen MR) is 154 cm³/mol. The third-order valence-corrected chi connectivity index (χ3v) is 8.19. The number of benzene rings is 1. The van der Waals surface area contributed by atoms with E-state index in [1.54, 1.807) is 32.7 Å². The average Bonchev–Trinajstić information content (AvgIpc) is 3.70. The Morgan fingerprint density at radius 1 is 1.13 bits per heavy atom. The summed E-state index contributed by atoms with van der Waals surface area (Å²) in [7, 11) is 4.82. The highest BCUT2D eigenvalue weighted by atomic mass is 79.9. The van der Waals surface area contributed by atoms with Crippen molar-refractivity contribution in [2.75, 3.05) is 39.7 Å². The number of fused-ring (bicyclic) bond motifs is 2. The van der Waals surface area contributed by atoms with Crippen LogP contribution in [0.4, 0.5) is 5.95 Å². The molecule has 38 heavy (non-hydrogen) atoms. The van der Waals surface area contributed by atoms with Gasteiger partial charge in [0.25, 0.3) is 0 Å². The summed E-state index contributed by atoms with van der Waals surface area (Å²) in [4.78, 5) is 14.4. The van der Waals surface area contributed by atoms with E-state index in [0.717, 1.165) is 62.1 Å². The van der Waals surface area contributed by atoms with Crippen molar-refractivity contribution in [3.05, 3.63) is 52.2 Å². The van der Waals surface area contributed by atoms with Crippen molar-refractivity contribution in [3.8, 4) is 28.5 Å². The number of ether oxygens (including phenoxy) is 3. The Kier molecular flexibility index (Phi) is 6.81. The first-order chi connectivity index (χ1) is 18.6. The molecule has 0 aliphatic carbocycles. The maximum absolute atomic E-state index is 5.51. The van der Waals surface area contributed by atoms with Crippen LogP contribution in [0.1, 0.15) is 18.0 Å². The van der Waals surface area contributed by atoms with E-state index in [2.05, 4.69) is 53.8 Å². The van der Waals surface area contributed by atoms with Crippen LogP contribution in [0.2, 0.25) is 0 Å². The zero-order valence-electron chi connectivity index (χ0n) is 21.2. The van der Waals surface area contributed by atoms with Gasteiger partial charge in [0.05, 0.1) is 49.0 Å². The number of nitrogens with zero attached hydrogens (tertiary/aromatic N) is 4. The van der Waals surface area contributed by atoms with Gasteiger partial charge in [-0.2, -0.15) is 0 Å². The second-order valence-electron chi connectivity index (χ2n) is 9.04. The van der Waals surface area contributed by atoms with Gasteiger partial charge < -0.3 is 29.4 Å². The number of hydrogen-bond acceptors (Lipinski definition) is 9. The molecule has 1 saturated heterocycles. The number of hydrogen-bond donors (Lipinski definition) is 2. The number of rotatable bonds is 8. The fourth-order valence-electron chi connectivity index (χ4n) is 5.03. The lowest BCUT2D eigenvalue weighted by Crippen LogP contribution is -2.12. The van der Waals surface area contributed by atoms with Crippen molar-refractivity contribution in [1.29, 1.82) is 0 Å². The molecule has 0 spiro atoms. The molecule has 196 valence electrons. The van der Waals surface area contributed by atoms with Crippen molar-refractivity contribution in [2.45, 2.75) is 19.0 Å². The molecule has 0 amide bonds. The predicted octanol–water partition coefficient (Wildman–Crippen LogP) is 5.64. The van der Waals surface area contributed by atoms with Crippen LogP contribution in [-0.2, 0) is 6.54 Å². The first-order valence-electron chi connectivity index (χ1n) is 12.2. The topological polar surface area (TPSA) is 95.4 Å². The van der Waals surface area contributed by atoms with Crippen molar-refractivity contribution < 1.29 is 14.2 Å². The van der Waals surface area contributed by atoms with Crippen LogP contribution in [0.3, 0.4) is 0 Å². The van der Waals surface area contributed by atoms with Gasteiger partial charge in [-0.1, -0.05) is 0 Å². The number of methoxy groups -OCH3 is 3. The third kappa shape index (κ3) is 4.44. The Hall–Kier alpha value is -3.41. The minimum absolute atomic E-state index is 0.382. The summed E-state index contributed by atoms with van der Waals surface area (Å²) in [5, 5.41) is 10.1. The van der Waals surface area contributed by atoms with Crippen molar-refractivity contribution in [3.63, 3.8) is 0 Å². The molecule has 2 N–H and O–H groups in total. The van der Waals surface area contributed by atoms with Gasteiger partial charge in [0, 0.05) is 36.3 Å².